The van der Waals surface area contributed by atoms with E-state index in [1.807, 2.05) is 32.9 Å². The zero-order valence-corrected chi connectivity index (χ0v) is 10.0. The Morgan fingerprint density at radius 2 is 1.59 bits per heavy atom. The van der Waals surface area contributed by atoms with Crippen molar-refractivity contribution in [3.05, 3.63) is 45.7 Å². The summed E-state index contributed by atoms with van der Waals surface area (Å²) in [4.78, 5) is 20.0. The maximum atomic E-state index is 11.4. The van der Waals surface area contributed by atoms with Crippen LogP contribution in [-0.4, -0.2) is 5.91 Å². The Bertz CT molecular complexity index is 736. The summed E-state index contributed by atoms with van der Waals surface area (Å²) in [7, 11) is 0. The molecule has 3 rings (SSSR count). The number of amides is 1. The molecule has 1 aromatic rings. The monoisotopic (exact) mass is 224 g/mol. The minimum Gasteiger partial charge on any atom is -0.267 e. The summed E-state index contributed by atoms with van der Waals surface area (Å²) >= 11 is 0. The number of allylic oxidation sites excluding steroid dienone is 3. The van der Waals surface area contributed by atoms with Crippen molar-refractivity contribution in [2.24, 2.45) is 9.98 Å². The molecule has 3 heteroatoms. The van der Waals surface area contributed by atoms with Gasteiger partial charge >= 0.3 is 0 Å². The summed E-state index contributed by atoms with van der Waals surface area (Å²) in [6.45, 7) is 5.98. The van der Waals surface area contributed by atoms with Crippen molar-refractivity contribution in [3.8, 4) is 0 Å². The van der Waals surface area contributed by atoms with Gasteiger partial charge in [-0.3, -0.25) is 9.79 Å². The van der Waals surface area contributed by atoms with Crippen molar-refractivity contribution in [1.82, 2.24) is 0 Å². The first-order valence-electron chi connectivity index (χ1n) is 5.58. The predicted octanol–water partition coefficient (Wildman–Crippen LogP) is 1.63. The number of nitrogens with zero attached hydrogens (tertiary/aromatic N) is 2. The first kappa shape index (κ1) is 10.1. The summed E-state index contributed by atoms with van der Waals surface area (Å²) in [6.07, 6.45) is 1.57. The Labute approximate surface area is 98.9 Å². The highest BCUT2D eigenvalue weighted by molar-refractivity contribution is 5.97. The molecule has 0 fully saturated rings. The second kappa shape index (κ2) is 3.23. The van der Waals surface area contributed by atoms with Gasteiger partial charge in [0.05, 0.1) is 10.7 Å². The zero-order chi connectivity index (χ0) is 12.2. The van der Waals surface area contributed by atoms with Gasteiger partial charge in [0.2, 0.25) is 0 Å². The summed E-state index contributed by atoms with van der Waals surface area (Å²) in [5, 5.41) is 1.74. The maximum absolute atomic E-state index is 11.4. The SMILES string of the molecule is CC1=CC(=O)N=c2cc3c(cc21)=NC(C)=C3C. The highest BCUT2D eigenvalue weighted by Gasteiger charge is 2.15. The summed E-state index contributed by atoms with van der Waals surface area (Å²) in [6, 6.07) is 3.99. The molecular formula is C14H12N2O. The summed E-state index contributed by atoms with van der Waals surface area (Å²) in [5.41, 5.74) is 5.26. The molecule has 2 aliphatic rings. The van der Waals surface area contributed by atoms with Gasteiger partial charge in [0.15, 0.2) is 0 Å². The lowest BCUT2D eigenvalue weighted by molar-refractivity contribution is -0.113. The molecule has 2 heterocycles. The van der Waals surface area contributed by atoms with E-state index in [1.54, 1.807) is 6.08 Å². The van der Waals surface area contributed by atoms with Crippen LogP contribution in [0.1, 0.15) is 31.9 Å². The molecule has 0 bridgehead atoms. The van der Waals surface area contributed by atoms with Crippen LogP contribution in [0, 0.1) is 0 Å². The van der Waals surface area contributed by atoms with Gasteiger partial charge in [0, 0.05) is 22.9 Å². The van der Waals surface area contributed by atoms with E-state index in [4.69, 9.17) is 0 Å². The molecule has 84 valence electrons. The van der Waals surface area contributed by atoms with E-state index in [0.717, 1.165) is 38.7 Å². The van der Waals surface area contributed by atoms with Gasteiger partial charge in [-0.15, -0.1) is 0 Å². The average Bonchev–Trinajstić information content (AvgIpc) is 2.53. The average molecular weight is 224 g/mol. The molecule has 3 nitrogen and oxygen atoms in total. The minimum absolute atomic E-state index is 0.178. The fourth-order valence-electron chi connectivity index (χ4n) is 2.25. The third-order valence-electron chi connectivity index (χ3n) is 3.34. The Morgan fingerprint density at radius 1 is 0.941 bits per heavy atom. The third-order valence-corrected chi connectivity index (χ3v) is 3.34. The van der Waals surface area contributed by atoms with Crippen molar-refractivity contribution in [2.75, 3.05) is 0 Å². The minimum atomic E-state index is -0.178. The van der Waals surface area contributed by atoms with Gasteiger partial charge in [-0.1, -0.05) is 0 Å². The number of rotatable bonds is 0. The lowest BCUT2D eigenvalue weighted by atomic mass is 9.99. The molecule has 0 N–H and O–H groups in total. The van der Waals surface area contributed by atoms with E-state index < -0.39 is 0 Å². The normalized spacial score (nSPS) is 17.1. The summed E-state index contributed by atoms with van der Waals surface area (Å²) < 4.78 is 0. The smallest absolute Gasteiger partial charge is 0.267 e. The lowest BCUT2D eigenvalue weighted by Crippen LogP contribution is -2.21. The second-order valence-electron chi connectivity index (χ2n) is 4.49. The van der Waals surface area contributed by atoms with Crippen LogP contribution in [0.25, 0.3) is 11.1 Å². The highest BCUT2D eigenvalue weighted by atomic mass is 16.1. The molecule has 0 spiro atoms. The number of hydrogen-bond acceptors (Lipinski definition) is 2. The van der Waals surface area contributed by atoms with Crippen LogP contribution >= 0.6 is 0 Å². The molecule has 0 aliphatic carbocycles. The van der Waals surface area contributed by atoms with Crippen molar-refractivity contribution >= 4 is 17.1 Å². The van der Waals surface area contributed by atoms with Gasteiger partial charge in [-0.2, -0.15) is 0 Å². The van der Waals surface area contributed by atoms with E-state index in [0.29, 0.717) is 0 Å². The number of benzene rings is 1. The molecule has 0 saturated heterocycles. The Hall–Kier alpha value is -2.03. The standard InChI is InChI=1S/C14H12N2O/c1-7-4-14(17)16-12-6-11-8(2)9(3)15-13(11)5-10(7)12/h4-6H,1-3H3. The van der Waals surface area contributed by atoms with Crippen molar-refractivity contribution in [2.45, 2.75) is 20.8 Å². The van der Waals surface area contributed by atoms with E-state index in [1.165, 1.54) is 0 Å². The van der Waals surface area contributed by atoms with Gasteiger partial charge < -0.3 is 0 Å². The fourth-order valence-corrected chi connectivity index (χ4v) is 2.25. The van der Waals surface area contributed by atoms with E-state index in [9.17, 15) is 4.79 Å². The number of carbonyl (C=O) groups excluding carboxylic acids is 1. The highest BCUT2D eigenvalue weighted by Crippen LogP contribution is 2.21. The molecular weight excluding hydrogens is 212 g/mol. The Balaban J connectivity index is 2.39. The number of fused-ring (bicyclic) bond motifs is 2. The topological polar surface area (TPSA) is 41.8 Å². The van der Waals surface area contributed by atoms with Crippen LogP contribution in [-0.2, 0) is 4.79 Å². The van der Waals surface area contributed by atoms with Crippen LogP contribution in [0.3, 0.4) is 0 Å². The lowest BCUT2D eigenvalue weighted by Gasteiger charge is -2.07. The van der Waals surface area contributed by atoms with Gasteiger partial charge in [0.25, 0.3) is 5.91 Å². The first-order valence-corrected chi connectivity index (χ1v) is 5.58. The van der Waals surface area contributed by atoms with Gasteiger partial charge in [-0.25, -0.2) is 4.99 Å². The van der Waals surface area contributed by atoms with Crippen molar-refractivity contribution in [1.29, 1.82) is 0 Å². The quantitative estimate of drug-likeness (QED) is 0.660. The van der Waals surface area contributed by atoms with E-state index in [2.05, 4.69) is 9.98 Å². The Morgan fingerprint density at radius 3 is 2.35 bits per heavy atom. The zero-order valence-electron chi connectivity index (χ0n) is 10.0. The van der Waals surface area contributed by atoms with Crippen LogP contribution in [0.4, 0.5) is 0 Å². The van der Waals surface area contributed by atoms with E-state index >= 15 is 0 Å². The van der Waals surface area contributed by atoms with Crippen LogP contribution < -0.4 is 10.7 Å². The molecule has 0 atom stereocenters. The second-order valence-corrected chi connectivity index (χ2v) is 4.49. The van der Waals surface area contributed by atoms with Crippen LogP contribution in [0.5, 0.6) is 0 Å². The molecule has 0 radical (unpaired) electrons. The molecule has 17 heavy (non-hydrogen) atoms. The number of carbonyl (C=O) groups is 1. The van der Waals surface area contributed by atoms with Crippen LogP contribution in [0.2, 0.25) is 0 Å². The van der Waals surface area contributed by atoms with Gasteiger partial charge in [-0.05, 0) is 44.1 Å². The Kier molecular flexibility index (Phi) is 1.93. The van der Waals surface area contributed by atoms with Crippen molar-refractivity contribution < 1.29 is 4.79 Å². The van der Waals surface area contributed by atoms with Crippen LogP contribution in [0.15, 0.2) is 33.9 Å². The predicted molar refractivity (Wildman–Crippen MR) is 65.7 cm³/mol. The molecule has 0 saturated carbocycles. The fraction of sp³-hybridized carbons (Fsp3) is 0.214. The van der Waals surface area contributed by atoms with E-state index in [-0.39, 0.29) is 5.91 Å². The molecule has 1 amide bonds. The summed E-state index contributed by atoms with van der Waals surface area (Å²) in [5.74, 6) is -0.178. The molecule has 1 aromatic carbocycles. The largest absolute Gasteiger partial charge is 0.270 e. The first-order chi connectivity index (χ1) is 8.06. The molecule has 0 unspecified atom stereocenters. The molecule has 2 aliphatic heterocycles. The van der Waals surface area contributed by atoms with Crippen molar-refractivity contribution in [3.63, 3.8) is 0 Å². The molecule has 0 aromatic heterocycles. The third kappa shape index (κ3) is 1.39. The van der Waals surface area contributed by atoms with Gasteiger partial charge in [0.1, 0.15) is 0 Å². The number of hydrogen-bond donors (Lipinski definition) is 0. The maximum Gasteiger partial charge on any atom is 0.270 e.